The highest BCUT2D eigenvalue weighted by atomic mass is 19.4. The molecule has 0 atom stereocenters. The van der Waals surface area contributed by atoms with Gasteiger partial charge in [-0.3, -0.25) is 9.69 Å². The minimum absolute atomic E-state index is 0.230. The summed E-state index contributed by atoms with van der Waals surface area (Å²) in [6.45, 7) is 1.96. The van der Waals surface area contributed by atoms with Gasteiger partial charge in [0.05, 0.1) is 11.3 Å². The first kappa shape index (κ1) is 19.6. The van der Waals surface area contributed by atoms with Gasteiger partial charge in [-0.2, -0.15) is 13.2 Å². The lowest BCUT2D eigenvalue weighted by molar-refractivity contribution is -0.137. The highest BCUT2D eigenvalue weighted by Gasteiger charge is 2.30. The van der Waals surface area contributed by atoms with Crippen LogP contribution < -0.4 is 5.56 Å². The van der Waals surface area contributed by atoms with Gasteiger partial charge in [-0.15, -0.1) is 0 Å². The number of para-hydroxylation sites is 1. The van der Waals surface area contributed by atoms with E-state index in [-0.39, 0.29) is 11.4 Å². The van der Waals surface area contributed by atoms with E-state index in [0.717, 1.165) is 29.6 Å². The van der Waals surface area contributed by atoms with Gasteiger partial charge in [0, 0.05) is 47.9 Å². The van der Waals surface area contributed by atoms with Gasteiger partial charge in [-0.1, -0.05) is 30.3 Å². The normalized spacial score (nSPS) is 14.7. The molecule has 0 aliphatic carbocycles. The van der Waals surface area contributed by atoms with Crippen molar-refractivity contribution in [3.05, 3.63) is 87.5 Å². The summed E-state index contributed by atoms with van der Waals surface area (Å²) in [7, 11) is 0. The lowest BCUT2D eigenvalue weighted by atomic mass is 10.0. The van der Waals surface area contributed by atoms with Crippen molar-refractivity contribution in [2.45, 2.75) is 25.7 Å². The van der Waals surface area contributed by atoms with Gasteiger partial charge >= 0.3 is 6.18 Å². The van der Waals surface area contributed by atoms with Gasteiger partial charge < -0.3 is 9.97 Å². The molecule has 8 heteroatoms. The van der Waals surface area contributed by atoms with Crippen molar-refractivity contribution in [2.75, 3.05) is 6.54 Å². The summed E-state index contributed by atoms with van der Waals surface area (Å²) >= 11 is 0. The van der Waals surface area contributed by atoms with Crippen LogP contribution in [0.4, 0.5) is 13.2 Å². The van der Waals surface area contributed by atoms with Gasteiger partial charge in [-0.25, -0.2) is 4.98 Å². The average molecular weight is 424 g/mol. The topological polar surface area (TPSA) is 64.8 Å². The summed E-state index contributed by atoms with van der Waals surface area (Å²) < 4.78 is 38.5. The molecule has 0 saturated heterocycles. The molecule has 0 fully saturated rings. The summed E-state index contributed by atoms with van der Waals surface area (Å²) in [5, 5.41) is 1.16. The Morgan fingerprint density at radius 3 is 2.61 bits per heavy atom. The predicted octanol–water partition coefficient (Wildman–Crippen LogP) is 4.50. The number of aromatic amines is 2. The molecule has 0 radical (unpaired) electrons. The smallest absolute Gasteiger partial charge is 0.361 e. The van der Waals surface area contributed by atoms with E-state index in [1.165, 1.54) is 17.7 Å². The maximum absolute atomic E-state index is 12.8. The van der Waals surface area contributed by atoms with Crippen molar-refractivity contribution in [3.8, 4) is 11.4 Å². The van der Waals surface area contributed by atoms with E-state index in [1.807, 2.05) is 24.4 Å². The average Bonchev–Trinajstić information content (AvgIpc) is 3.16. The third kappa shape index (κ3) is 3.74. The zero-order chi connectivity index (χ0) is 21.6. The number of nitrogens with zero attached hydrogens (tertiary/aromatic N) is 2. The molecule has 0 saturated carbocycles. The van der Waals surface area contributed by atoms with E-state index < -0.39 is 11.7 Å². The van der Waals surface area contributed by atoms with Crippen molar-refractivity contribution >= 4 is 10.9 Å². The van der Waals surface area contributed by atoms with Crippen LogP contribution in [0.25, 0.3) is 22.3 Å². The van der Waals surface area contributed by atoms with Gasteiger partial charge in [0.25, 0.3) is 5.56 Å². The van der Waals surface area contributed by atoms with Crippen LogP contribution in [-0.2, 0) is 25.7 Å². The monoisotopic (exact) mass is 424 g/mol. The van der Waals surface area contributed by atoms with E-state index in [1.54, 1.807) is 0 Å². The van der Waals surface area contributed by atoms with Crippen LogP contribution in [0.5, 0.6) is 0 Å². The zero-order valence-electron chi connectivity index (χ0n) is 16.5. The summed E-state index contributed by atoms with van der Waals surface area (Å²) in [6.07, 6.45) is -1.83. The Kier molecular flexibility index (Phi) is 4.66. The second-order valence-electron chi connectivity index (χ2n) is 7.74. The first-order valence-corrected chi connectivity index (χ1v) is 9.95. The van der Waals surface area contributed by atoms with E-state index in [9.17, 15) is 18.0 Å². The van der Waals surface area contributed by atoms with Gasteiger partial charge in [0.15, 0.2) is 0 Å². The SMILES string of the molecule is O=c1[nH]c(-c2ccc(C(F)(F)F)cc2)nc2c1CCN(Cc1c[nH]c3ccccc13)C2. The molecule has 158 valence electrons. The van der Waals surface area contributed by atoms with Crippen LogP contribution >= 0.6 is 0 Å². The minimum atomic E-state index is -4.40. The molecular formula is C23H19F3N4O. The Labute approximate surface area is 175 Å². The van der Waals surface area contributed by atoms with Crippen LogP contribution in [0.1, 0.15) is 22.4 Å². The molecule has 5 nitrogen and oxygen atoms in total. The first-order valence-electron chi connectivity index (χ1n) is 9.95. The van der Waals surface area contributed by atoms with Crippen molar-refractivity contribution in [1.82, 2.24) is 19.9 Å². The van der Waals surface area contributed by atoms with Crippen LogP contribution in [-0.4, -0.2) is 26.4 Å². The van der Waals surface area contributed by atoms with Crippen LogP contribution in [0.2, 0.25) is 0 Å². The fraction of sp³-hybridized carbons (Fsp3) is 0.217. The summed E-state index contributed by atoms with van der Waals surface area (Å²) in [4.78, 5) is 25.4. The standard InChI is InChI=1S/C23H19F3N4O/c24-23(25,26)16-7-5-14(6-8-16)21-28-20-13-30(10-9-18(20)22(31)29-21)12-15-11-27-19-4-2-1-3-17(15)19/h1-8,11,27H,9-10,12-13H2,(H,28,29,31). The van der Waals surface area contributed by atoms with Crippen molar-refractivity contribution < 1.29 is 13.2 Å². The number of rotatable bonds is 3. The molecule has 2 N–H and O–H groups in total. The molecule has 4 aromatic rings. The minimum Gasteiger partial charge on any atom is -0.361 e. The molecular weight excluding hydrogens is 405 g/mol. The fourth-order valence-corrected chi connectivity index (χ4v) is 4.09. The summed E-state index contributed by atoms with van der Waals surface area (Å²) in [6, 6.07) is 12.8. The zero-order valence-corrected chi connectivity index (χ0v) is 16.5. The molecule has 1 aliphatic heterocycles. The molecule has 0 amide bonds. The summed E-state index contributed by atoms with van der Waals surface area (Å²) in [5.74, 6) is 0.284. The number of nitrogens with one attached hydrogen (secondary N) is 2. The Morgan fingerprint density at radius 2 is 1.84 bits per heavy atom. The highest BCUT2D eigenvalue weighted by molar-refractivity contribution is 5.82. The molecule has 2 aromatic carbocycles. The molecule has 5 rings (SSSR count). The van der Waals surface area contributed by atoms with Crippen molar-refractivity contribution in [1.29, 1.82) is 0 Å². The quantitative estimate of drug-likeness (QED) is 0.509. The number of aromatic nitrogens is 3. The Morgan fingerprint density at radius 1 is 1.06 bits per heavy atom. The lowest BCUT2D eigenvalue weighted by Gasteiger charge is -2.27. The molecule has 0 unspecified atom stereocenters. The largest absolute Gasteiger partial charge is 0.416 e. The van der Waals surface area contributed by atoms with Gasteiger partial charge in [0.1, 0.15) is 5.82 Å². The Balaban J connectivity index is 1.42. The number of H-pyrrole nitrogens is 2. The molecule has 1 aliphatic rings. The van der Waals surface area contributed by atoms with Crippen molar-refractivity contribution in [2.24, 2.45) is 0 Å². The number of benzene rings is 2. The van der Waals surface area contributed by atoms with Crippen molar-refractivity contribution in [3.63, 3.8) is 0 Å². The second-order valence-corrected chi connectivity index (χ2v) is 7.74. The maximum atomic E-state index is 12.8. The Bertz CT molecular complexity index is 1310. The summed E-state index contributed by atoms with van der Waals surface area (Å²) in [5.41, 5.74) is 3.05. The number of fused-ring (bicyclic) bond motifs is 2. The maximum Gasteiger partial charge on any atom is 0.416 e. The third-order valence-electron chi connectivity index (χ3n) is 5.71. The number of hydrogen-bond donors (Lipinski definition) is 2. The fourth-order valence-electron chi connectivity index (χ4n) is 4.09. The molecule has 0 spiro atoms. The second kappa shape index (κ2) is 7.39. The van der Waals surface area contributed by atoms with Gasteiger partial charge in [-0.05, 0) is 30.2 Å². The lowest BCUT2D eigenvalue weighted by Crippen LogP contribution is -2.35. The van der Waals surface area contributed by atoms with Crippen LogP contribution in [0, 0.1) is 0 Å². The number of hydrogen-bond acceptors (Lipinski definition) is 3. The third-order valence-corrected chi connectivity index (χ3v) is 5.71. The van der Waals surface area contributed by atoms with Gasteiger partial charge in [0.2, 0.25) is 0 Å². The van der Waals surface area contributed by atoms with E-state index in [4.69, 9.17) is 0 Å². The Hall–Kier alpha value is -3.39. The van der Waals surface area contributed by atoms with Crippen LogP contribution in [0.15, 0.2) is 59.5 Å². The number of alkyl halides is 3. The first-order chi connectivity index (χ1) is 14.9. The van der Waals surface area contributed by atoms with E-state index >= 15 is 0 Å². The van der Waals surface area contributed by atoms with E-state index in [2.05, 4.69) is 25.9 Å². The molecule has 0 bridgehead atoms. The van der Waals surface area contributed by atoms with E-state index in [0.29, 0.717) is 36.3 Å². The molecule has 2 aromatic heterocycles. The molecule has 3 heterocycles. The predicted molar refractivity (Wildman–Crippen MR) is 111 cm³/mol. The van der Waals surface area contributed by atoms with Crippen LogP contribution in [0.3, 0.4) is 0 Å². The molecule has 31 heavy (non-hydrogen) atoms. The highest BCUT2D eigenvalue weighted by Crippen LogP contribution is 2.30. The number of halogens is 3.